The zero-order chi connectivity index (χ0) is 20.4. The highest BCUT2D eigenvalue weighted by Gasteiger charge is 2.43. The van der Waals surface area contributed by atoms with Crippen molar-refractivity contribution in [1.29, 1.82) is 0 Å². The minimum atomic E-state index is -1.07. The number of halogens is 1. The predicted molar refractivity (Wildman–Crippen MR) is 120 cm³/mol. The van der Waals surface area contributed by atoms with Crippen molar-refractivity contribution in [1.82, 2.24) is 9.97 Å². The van der Waals surface area contributed by atoms with Crippen molar-refractivity contribution < 1.29 is 9.32 Å². The number of aryl methyl sites for hydroxylation is 1. The van der Waals surface area contributed by atoms with Crippen LogP contribution in [0.25, 0.3) is 0 Å². The van der Waals surface area contributed by atoms with Crippen LogP contribution in [0.15, 0.2) is 33.6 Å². The molecule has 0 amide bonds. The van der Waals surface area contributed by atoms with Crippen LogP contribution in [-0.2, 0) is 17.2 Å². The van der Waals surface area contributed by atoms with Gasteiger partial charge in [-0.2, -0.15) is 4.98 Å². The Morgan fingerprint density at radius 1 is 1.28 bits per heavy atom. The number of anilines is 2. The molecule has 2 heterocycles. The van der Waals surface area contributed by atoms with E-state index in [0.29, 0.717) is 29.9 Å². The summed E-state index contributed by atoms with van der Waals surface area (Å²) < 4.78 is 13.5. The number of aliphatic hydroxyl groups is 1. The second-order valence-corrected chi connectivity index (χ2v) is 10.3. The van der Waals surface area contributed by atoms with Crippen LogP contribution in [0.2, 0.25) is 0 Å². The van der Waals surface area contributed by atoms with Gasteiger partial charge in [-0.15, -0.1) is 0 Å². The van der Waals surface area contributed by atoms with E-state index in [1.807, 2.05) is 0 Å². The van der Waals surface area contributed by atoms with Crippen molar-refractivity contribution in [3.63, 3.8) is 0 Å². The summed E-state index contributed by atoms with van der Waals surface area (Å²) >= 11 is 3.49. The van der Waals surface area contributed by atoms with Crippen LogP contribution in [0.1, 0.15) is 49.8 Å². The molecule has 1 aliphatic heterocycles. The highest BCUT2D eigenvalue weighted by molar-refractivity contribution is 9.10. The number of benzene rings is 1. The van der Waals surface area contributed by atoms with Crippen LogP contribution in [0.3, 0.4) is 0 Å². The summed E-state index contributed by atoms with van der Waals surface area (Å²) in [4.78, 5) is 9.97. The molecule has 4 rings (SSSR count). The number of fused-ring (bicyclic) bond motifs is 1. The lowest BCUT2D eigenvalue weighted by molar-refractivity contribution is 0.265. The van der Waals surface area contributed by atoms with Gasteiger partial charge in [0.1, 0.15) is 10.7 Å². The summed E-state index contributed by atoms with van der Waals surface area (Å²) in [5, 5.41) is 16.4. The molecule has 6 nitrogen and oxygen atoms in total. The molecule has 29 heavy (non-hydrogen) atoms. The van der Waals surface area contributed by atoms with Gasteiger partial charge >= 0.3 is 0 Å². The molecular formula is C21H27BrN4O2S. The highest BCUT2D eigenvalue weighted by atomic mass is 79.9. The first-order valence-corrected chi connectivity index (χ1v) is 12.3. The number of aromatic nitrogens is 2. The Bertz CT molecular complexity index is 902. The molecule has 2 unspecified atom stereocenters. The molecule has 2 aromatic rings. The summed E-state index contributed by atoms with van der Waals surface area (Å²) in [6, 6.07) is 8.51. The average Bonchev–Trinajstić information content (AvgIpc) is 3.40. The second-order valence-electron chi connectivity index (χ2n) is 7.91. The number of nitrogens with zero attached hydrogens (tertiary/aromatic N) is 2. The largest absolute Gasteiger partial charge is 0.394 e. The number of aliphatic hydroxyl groups excluding tert-OH is 1. The third-order valence-electron chi connectivity index (χ3n) is 5.84. The third-order valence-corrected chi connectivity index (χ3v) is 7.83. The first-order valence-electron chi connectivity index (χ1n) is 10.2. The molecule has 1 saturated carbocycles. The van der Waals surface area contributed by atoms with Gasteiger partial charge in [-0.1, -0.05) is 35.0 Å². The van der Waals surface area contributed by atoms with Gasteiger partial charge in [0.25, 0.3) is 0 Å². The monoisotopic (exact) mass is 478 g/mol. The number of hydrogen-bond acceptors (Lipinski definition) is 6. The van der Waals surface area contributed by atoms with Crippen molar-refractivity contribution in [2.75, 3.05) is 29.5 Å². The molecule has 0 radical (unpaired) electrons. The molecule has 1 aliphatic carbocycles. The van der Waals surface area contributed by atoms with E-state index in [0.717, 1.165) is 47.3 Å². The fraction of sp³-hybridized carbons (Fsp3) is 0.524. The number of nitrogens with one attached hydrogen (secondary N) is 2. The molecule has 1 aromatic carbocycles. The predicted octanol–water partition coefficient (Wildman–Crippen LogP) is 3.84. The molecule has 2 aliphatic rings. The molecule has 0 spiro atoms. The zero-order valence-electron chi connectivity index (χ0n) is 16.6. The lowest BCUT2D eigenvalue weighted by atomic mass is 9.93. The summed E-state index contributed by atoms with van der Waals surface area (Å²) in [6.07, 6.45) is 4.57. The van der Waals surface area contributed by atoms with E-state index in [1.54, 1.807) is 0 Å². The van der Waals surface area contributed by atoms with Gasteiger partial charge in [0, 0.05) is 23.2 Å². The maximum Gasteiger partial charge on any atom is 0.224 e. The van der Waals surface area contributed by atoms with Gasteiger partial charge in [0.05, 0.1) is 28.6 Å². The molecule has 0 bridgehead atoms. The minimum Gasteiger partial charge on any atom is -0.394 e. The zero-order valence-corrected chi connectivity index (χ0v) is 19.0. The van der Waals surface area contributed by atoms with Gasteiger partial charge in [-0.25, -0.2) is 4.98 Å². The number of rotatable bonds is 9. The molecule has 0 saturated heterocycles. The van der Waals surface area contributed by atoms with Crippen molar-refractivity contribution in [3.8, 4) is 0 Å². The number of hydrogen-bond donors (Lipinski definition) is 3. The van der Waals surface area contributed by atoms with Crippen LogP contribution in [0.5, 0.6) is 0 Å². The summed E-state index contributed by atoms with van der Waals surface area (Å²) in [7, 11) is -1.07. The Kier molecular flexibility index (Phi) is 6.22. The summed E-state index contributed by atoms with van der Waals surface area (Å²) in [6.45, 7) is 3.04. The molecule has 2 atom stereocenters. The van der Waals surface area contributed by atoms with Crippen molar-refractivity contribution >= 4 is 38.5 Å². The SMILES string of the molecule is CCC(CCNc1nc2c(c(NC3(CO)CC3)n1)S(=O)CC2)c1ccc(Br)cc1. The summed E-state index contributed by atoms with van der Waals surface area (Å²) in [5.41, 5.74) is 1.89. The first kappa shape index (κ1) is 20.8. The molecule has 1 fully saturated rings. The Morgan fingerprint density at radius 2 is 2.03 bits per heavy atom. The van der Waals surface area contributed by atoms with Crippen molar-refractivity contribution in [2.45, 2.75) is 55.4 Å². The van der Waals surface area contributed by atoms with Gasteiger partial charge in [0.15, 0.2) is 0 Å². The van der Waals surface area contributed by atoms with Gasteiger partial charge in [-0.05, 0) is 49.3 Å². The van der Waals surface area contributed by atoms with E-state index < -0.39 is 10.8 Å². The van der Waals surface area contributed by atoms with Gasteiger partial charge in [-0.3, -0.25) is 4.21 Å². The van der Waals surface area contributed by atoms with E-state index in [-0.39, 0.29) is 12.1 Å². The molecular weight excluding hydrogens is 452 g/mol. The lowest BCUT2D eigenvalue weighted by Gasteiger charge is -2.19. The van der Waals surface area contributed by atoms with E-state index in [2.05, 4.69) is 67.7 Å². The molecule has 8 heteroatoms. The fourth-order valence-electron chi connectivity index (χ4n) is 3.79. The van der Waals surface area contributed by atoms with Crippen molar-refractivity contribution in [3.05, 3.63) is 40.0 Å². The van der Waals surface area contributed by atoms with E-state index >= 15 is 0 Å². The Balaban J connectivity index is 1.46. The van der Waals surface area contributed by atoms with E-state index in [9.17, 15) is 9.32 Å². The topological polar surface area (TPSA) is 87.1 Å². The molecule has 3 N–H and O–H groups in total. The molecule has 156 valence electrons. The highest BCUT2D eigenvalue weighted by Crippen LogP contribution is 2.40. The lowest BCUT2D eigenvalue weighted by Crippen LogP contribution is -2.27. The van der Waals surface area contributed by atoms with Crippen LogP contribution >= 0.6 is 15.9 Å². The van der Waals surface area contributed by atoms with Crippen LogP contribution < -0.4 is 10.6 Å². The average molecular weight is 479 g/mol. The summed E-state index contributed by atoms with van der Waals surface area (Å²) in [5.74, 6) is 2.26. The minimum absolute atomic E-state index is 0.0620. The maximum absolute atomic E-state index is 12.4. The smallest absolute Gasteiger partial charge is 0.224 e. The van der Waals surface area contributed by atoms with Crippen LogP contribution in [0.4, 0.5) is 11.8 Å². The third kappa shape index (κ3) is 4.64. The second kappa shape index (κ2) is 8.70. The van der Waals surface area contributed by atoms with Crippen LogP contribution in [-0.4, -0.2) is 43.7 Å². The molecule has 1 aromatic heterocycles. The Hall–Kier alpha value is -1.51. The first-order chi connectivity index (χ1) is 14.0. The Morgan fingerprint density at radius 3 is 2.69 bits per heavy atom. The fourth-order valence-corrected chi connectivity index (χ4v) is 5.36. The standard InChI is InChI=1S/C21H27BrN4O2S/c1-2-14(15-3-5-16(22)6-4-15)7-11-23-20-24-17-8-12-29(28)18(17)19(25-20)26-21(13-27)9-10-21/h3-6,14,27H,2,7-13H2,1H3,(H2,23,24,25,26). The van der Waals surface area contributed by atoms with Gasteiger partial charge < -0.3 is 15.7 Å². The Labute approximate surface area is 182 Å². The van der Waals surface area contributed by atoms with E-state index in [1.165, 1.54) is 5.56 Å². The normalized spacial score (nSPS) is 20.2. The maximum atomic E-state index is 12.4. The van der Waals surface area contributed by atoms with Gasteiger partial charge in [0.2, 0.25) is 5.95 Å². The quantitative estimate of drug-likeness (QED) is 0.507. The van der Waals surface area contributed by atoms with E-state index in [4.69, 9.17) is 0 Å². The van der Waals surface area contributed by atoms with Crippen LogP contribution in [0, 0.1) is 0 Å². The van der Waals surface area contributed by atoms with Crippen molar-refractivity contribution in [2.24, 2.45) is 0 Å².